The summed E-state index contributed by atoms with van der Waals surface area (Å²) in [5.74, 6) is 0. The highest BCUT2D eigenvalue weighted by atomic mass is 28.4. The molecule has 0 aliphatic rings. The molecule has 0 amide bonds. The lowest BCUT2D eigenvalue weighted by Gasteiger charge is -2.26. The third kappa shape index (κ3) is 3.79. The van der Waals surface area contributed by atoms with Crippen molar-refractivity contribution in [2.75, 3.05) is 20.8 Å². The summed E-state index contributed by atoms with van der Waals surface area (Å²) in [6, 6.07) is 0. The number of rotatable bonds is 6. The molecule has 0 aromatic heterocycles. The van der Waals surface area contributed by atoms with Crippen molar-refractivity contribution in [3.63, 3.8) is 0 Å². The van der Waals surface area contributed by atoms with Crippen molar-refractivity contribution in [3.8, 4) is 0 Å². The van der Waals surface area contributed by atoms with Crippen LogP contribution in [0, 0.1) is 0 Å². The van der Waals surface area contributed by atoms with Crippen LogP contribution in [-0.4, -0.2) is 38.9 Å². The Hall–Kier alpha value is 0.274. The molecule has 0 fully saturated rings. The van der Waals surface area contributed by atoms with Crippen molar-refractivity contribution >= 4 is 18.1 Å². The normalized spacial score (nSPS) is 12.5. The molecule has 6 heteroatoms. The van der Waals surface area contributed by atoms with Gasteiger partial charge in [-0.05, 0) is 20.0 Å². The maximum absolute atomic E-state index is 5.59. The van der Waals surface area contributed by atoms with Crippen LogP contribution in [0.25, 0.3) is 0 Å². The van der Waals surface area contributed by atoms with Gasteiger partial charge in [0.05, 0.1) is 0 Å². The van der Waals surface area contributed by atoms with Gasteiger partial charge in [0.1, 0.15) is 0 Å². The summed E-state index contributed by atoms with van der Waals surface area (Å²) < 4.78 is 21.2. The number of hydrogen-bond acceptors (Lipinski definition) is 4. The second kappa shape index (κ2) is 5.84. The van der Waals surface area contributed by atoms with Crippen LogP contribution < -0.4 is 0 Å². The Morgan fingerprint density at radius 2 is 1.67 bits per heavy atom. The fourth-order valence-corrected chi connectivity index (χ4v) is 4.90. The van der Waals surface area contributed by atoms with Gasteiger partial charge in [0.25, 0.3) is 0 Å². The van der Waals surface area contributed by atoms with Gasteiger partial charge in [-0.3, -0.25) is 0 Å². The van der Waals surface area contributed by atoms with E-state index in [1.54, 1.807) is 14.2 Å². The van der Waals surface area contributed by atoms with Crippen LogP contribution in [-0.2, 0) is 17.4 Å². The second-order valence-electron chi connectivity index (χ2n) is 2.51. The lowest BCUT2D eigenvalue weighted by Crippen LogP contribution is -2.50. The minimum absolute atomic E-state index is 0.551. The molecule has 0 aliphatic heterocycles. The van der Waals surface area contributed by atoms with Crippen LogP contribution in [0.2, 0.25) is 13.1 Å². The van der Waals surface area contributed by atoms with E-state index in [-0.39, 0.29) is 0 Å². The van der Waals surface area contributed by atoms with Gasteiger partial charge >= 0.3 is 9.05 Å². The topological polar surface area (TPSA) is 36.9 Å². The lowest BCUT2D eigenvalue weighted by molar-refractivity contribution is 0.0356. The predicted octanol–water partition coefficient (Wildman–Crippen LogP) is 0.751. The molecule has 0 atom stereocenters. The molecule has 0 rings (SSSR count). The molecule has 12 heavy (non-hydrogen) atoms. The first-order chi connectivity index (χ1) is 5.60. The summed E-state index contributed by atoms with van der Waals surface area (Å²) in [5.41, 5.74) is 0. The monoisotopic (exact) mass is 210 g/mol. The average Bonchev–Trinajstić information content (AvgIpc) is 2.03. The van der Waals surface area contributed by atoms with Crippen LogP contribution >= 0.6 is 0 Å². The summed E-state index contributed by atoms with van der Waals surface area (Å²) in [7, 11) is -0.805. The van der Waals surface area contributed by atoms with Crippen molar-refractivity contribution in [2.24, 2.45) is 0 Å². The van der Waals surface area contributed by atoms with E-state index in [0.29, 0.717) is 6.61 Å². The summed E-state index contributed by atoms with van der Waals surface area (Å²) in [5, 5.41) is 0. The second-order valence-corrected chi connectivity index (χ2v) is 7.65. The summed E-state index contributed by atoms with van der Waals surface area (Å²) in [6.07, 6.45) is 0. The SMILES string of the molecule is CCO[Si](OC)(OC)O[SiH](C)C. The Bertz CT molecular complexity index is 116. The van der Waals surface area contributed by atoms with E-state index in [4.69, 9.17) is 17.4 Å². The first-order valence-corrected chi connectivity index (χ1v) is 8.43. The van der Waals surface area contributed by atoms with Gasteiger partial charge in [-0.25, -0.2) is 0 Å². The van der Waals surface area contributed by atoms with E-state index in [1.165, 1.54) is 0 Å². The molecule has 0 unspecified atom stereocenters. The molecule has 74 valence electrons. The van der Waals surface area contributed by atoms with Gasteiger partial charge < -0.3 is 17.4 Å². The molecule has 0 N–H and O–H groups in total. The first kappa shape index (κ1) is 12.3. The van der Waals surface area contributed by atoms with E-state index in [9.17, 15) is 0 Å². The van der Waals surface area contributed by atoms with Crippen LogP contribution in [0.3, 0.4) is 0 Å². The van der Waals surface area contributed by atoms with Crippen LogP contribution in [0.5, 0.6) is 0 Å². The highest BCUT2D eigenvalue weighted by Gasteiger charge is 2.43. The van der Waals surface area contributed by atoms with Crippen molar-refractivity contribution in [3.05, 3.63) is 0 Å². The molecule has 0 saturated heterocycles. The highest BCUT2D eigenvalue weighted by molar-refractivity contribution is 6.65. The molecule has 0 aliphatic carbocycles. The van der Waals surface area contributed by atoms with Crippen molar-refractivity contribution in [1.29, 1.82) is 0 Å². The van der Waals surface area contributed by atoms with E-state index in [1.807, 2.05) is 6.92 Å². The summed E-state index contributed by atoms with van der Waals surface area (Å²) >= 11 is 0. The van der Waals surface area contributed by atoms with E-state index >= 15 is 0 Å². The molecule has 0 spiro atoms. The molecule has 0 aromatic carbocycles. The molecule has 0 radical (unpaired) electrons. The lowest BCUT2D eigenvalue weighted by atomic mass is 10.9. The van der Waals surface area contributed by atoms with E-state index in [2.05, 4.69) is 13.1 Å². The van der Waals surface area contributed by atoms with Crippen molar-refractivity contribution < 1.29 is 17.4 Å². The Kier molecular flexibility index (Phi) is 5.97. The Balaban J connectivity index is 4.13. The first-order valence-electron chi connectivity index (χ1n) is 4.02. The quantitative estimate of drug-likeness (QED) is 0.606. The molecular weight excluding hydrogens is 192 g/mol. The minimum Gasteiger partial charge on any atom is -0.397 e. The summed E-state index contributed by atoms with van der Waals surface area (Å²) in [4.78, 5) is 0. The van der Waals surface area contributed by atoms with E-state index in [0.717, 1.165) is 0 Å². The fraction of sp³-hybridized carbons (Fsp3) is 1.00. The third-order valence-corrected chi connectivity index (χ3v) is 5.88. The van der Waals surface area contributed by atoms with E-state index < -0.39 is 18.1 Å². The molecule has 0 saturated carbocycles. The average molecular weight is 210 g/mol. The van der Waals surface area contributed by atoms with Gasteiger partial charge in [0, 0.05) is 20.8 Å². The third-order valence-electron chi connectivity index (χ3n) is 1.20. The Morgan fingerprint density at radius 1 is 1.17 bits per heavy atom. The van der Waals surface area contributed by atoms with Crippen molar-refractivity contribution in [1.82, 2.24) is 0 Å². The maximum Gasteiger partial charge on any atom is 0.668 e. The summed E-state index contributed by atoms with van der Waals surface area (Å²) in [6.45, 7) is 6.55. The van der Waals surface area contributed by atoms with Crippen LogP contribution in [0.15, 0.2) is 0 Å². The van der Waals surface area contributed by atoms with Gasteiger partial charge in [-0.15, -0.1) is 0 Å². The largest absolute Gasteiger partial charge is 0.668 e. The van der Waals surface area contributed by atoms with Crippen molar-refractivity contribution in [2.45, 2.75) is 20.0 Å². The minimum atomic E-state index is -2.74. The zero-order valence-electron chi connectivity index (χ0n) is 8.42. The molecule has 0 aromatic rings. The van der Waals surface area contributed by atoms with Gasteiger partial charge in [0.15, 0.2) is 9.04 Å². The Morgan fingerprint density at radius 3 is 1.92 bits per heavy atom. The molecule has 0 bridgehead atoms. The highest BCUT2D eigenvalue weighted by Crippen LogP contribution is 2.10. The zero-order chi connectivity index (χ0) is 9.61. The zero-order valence-corrected chi connectivity index (χ0v) is 10.6. The molecule has 4 nitrogen and oxygen atoms in total. The van der Waals surface area contributed by atoms with Crippen LogP contribution in [0.1, 0.15) is 6.92 Å². The maximum atomic E-state index is 5.59. The standard InChI is InChI=1S/C6H18O4Si2/c1-6-9-12(7-2,8-3)10-11(4)5/h11H,6H2,1-5H3. The van der Waals surface area contributed by atoms with Gasteiger partial charge in [-0.2, -0.15) is 0 Å². The van der Waals surface area contributed by atoms with Crippen LogP contribution in [0.4, 0.5) is 0 Å². The molecule has 0 heterocycles. The smallest absolute Gasteiger partial charge is 0.397 e. The number of hydrogen-bond donors (Lipinski definition) is 0. The van der Waals surface area contributed by atoms with Gasteiger partial charge in [0.2, 0.25) is 0 Å². The Labute approximate surface area is 77.0 Å². The van der Waals surface area contributed by atoms with Gasteiger partial charge in [-0.1, -0.05) is 0 Å². The fourth-order valence-electron chi connectivity index (χ4n) is 0.797. The predicted molar refractivity (Wildman–Crippen MR) is 51.4 cm³/mol. The molecular formula is C6H18O4Si2.